The lowest BCUT2D eigenvalue weighted by Crippen LogP contribution is -1.94. The van der Waals surface area contributed by atoms with Crippen LogP contribution in [0.3, 0.4) is 0 Å². The summed E-state index contributed by atoms with van der Waals surface area (Å²) in [5.74, 6) is 0. The number of rotatable bonds is 1. The lowest BCUT2D eigenvalue weighted by molar-refractivity contribution is 1.21. The van der Waals surface area contributed by atoms with Crippen molar-refractivity contribution in [2.45, 2.75) is 0 Å². The van der Waals surface area contributed by atoms with Crippen LogP contribution in [0.1, 0.15) is 0 Å². The number of para-hydroxylation sites is 1. The van der Waals surface area contributed by atoms with E-state index in [1.807, 2.05) is 22.7 Å². The van der Waals surface area contributed by atoms with Gasteiger partial charge in [0, 0.05) is 52.5 Å². The van der Waals surface area contributed by atoms with Gasteiger partial charge in [0.05, 0.1) is 26.1 Å². The largest absolute Gasteiger partial charge is 0.306 e. The van der Waals surface area contributed by atoms with Crippen LogP contribution < -0.4 is 0 Å². The molecule has 0 unspecified atom stereocenters. The first kappa shape index (κ1) is 24.1. The first-order valence-corrected chi connectivity index (χ1v) is 17.0. The fourth-order valence-electron chi connectivity index (χ4n) is 7.99. The fourth-order valence-corrected chi connectivity index (χ4v) is 10.4. The molecule has 0 saturated heterocycles. The van der Waals surface area contributed by atoms with E-state index in [0.717, 1.165) is 0 Å². The van der Waals surface area contributed by atoms with E-state index in [0.29, 0.717) is 0 Å². The molecule has 0 radical (unpaired) electrons. The van der Waals surface area contributed by atoms with E-state index in [9.17, 15) is 0 Å². The SMILES string of the molecule is c1ccc2c(c1)sc1c(-n3c4ccccc4c4c5c6ccccc6c6ccccc6c5c5c6ccccc6sc5c43)cccc12. The van der Waals surface area contributed by atoms with Gasteiger partial charge in [-0.2, -0.15) is 0 Å². The Balaban J connectivity index is 1.51. The van der Waals surface area contributed by atoms with Gasteiger partial charge in [-0.3, -0.25) is 0 Å². The average Bonchev–Trinajstić information content (AvgIpc) is 3.78. The zero-order valence-electron chi connectivity index (χ0n) is 24.0. The Bertz CT molecular complexity index is 3040. The summed E-state index contributed by atoms with van der Waals surface area (Å²) in [4.78, 5) is 0. The minimum atomic E-state index is 1.25. The second-order valence-electron chi connectivity index (χ2n) is 12.0. The lowest BCUT2D eigenvalue weighted by atomic mass is 9.89. The second kappa shape index (κ2) is 8.70. The van der Waals surface area contributed by atoms with Gasteiger partial charge < -0.3 is 4.57 Å². The highest BCUT2D eigenvalue weighted by Gasteiger charge is 2.25. The van der Waals surface area contributed by atoms with E-state index in [4.69, 9.17) is 0 Å². The van der Waals surface area contributed by atoms with Crippen LogP contribution in [-0.4, -0.2) is 4.57 Å². The Morgan fingerprint density at radius 3 is 1.58 bits per heavy atom. The van der Waals surface area contributed by atoms with Crippen LogP contribution in [0.25, 0.3) is 100 Å². The highest BCUT2D eigenvalue weighted by Crippen LogP contribution is 2.52. The quantitative estimate of drug-likeness (QED) is 0.164. The van der Waals surface area contributed by atoms with Gasteiger partial charge in [0.2, 0.25) is 0 Å². The zero-order valence-corrected chi connectivity index (χ0v) is 25.7. The number of fused-ring (bicyclic) bond motifs is 18. The summed E-state index contributed by atoms with van der Waals surface area (Å²) in [6, 6.07) is 51.8. The van der Waals surface area contributed by atoms with Crippen molar-refractivity contribution < 1.29 is 0 Å². The van der Waals surface area contributed by atoms with Crippen molar-refractivity contribution in [2.24, 2.45) is 0 Å². The third-order valence-corrected chi connectivity index (χ3v) is 12.1. The molecule has 3 aromatic heterocycles. The molecule has 0 N–H and O–H groups in total. The van der Waals surface area contributed by atoms with Crippen molar-refractivity contribution in [3.8, 4) is 5.69 Å². The normalized spacial score (nSPS) is 12.4. The molecule has 0 fully saturated rings. The maximum atomic E-state index is 2.59. The standard InChI is InChI=1S/C42H23NS2/c1-3-15-27-24(12-1)25-13-2-4-16-28(25)37-36(27)38-30-17-5-8-20-32(30)43(40(38)42-39(37)31-18-7-10-23-35(31)45-42)33-21-11-19-29-26-14-6-9-22-34(26)44-41(29)33/h1-23H. The molecule has 1 nitrogen and oxygen atoms in total. The molecule has 3 heteroatoms. The average molecular weight is 606 g/mol. The van der Waals surface area contributed by atoms with Crippen LogP contribution in [0.15, 0.2) is 140 Å². The second-order valence-corrected chi connectivity index (χ2v) is 14.1. The molecule has 8 aromatic carbocycles. The van der Waals surface area contributed by atoms with Gasteiger partial charge in [0.25, 0.3) is 0 Å². The summed E-state index contributed by atoms with van der Waals surface area (Å²) in [5.41, 5.74) is 3.81. The smallest absolute Gasteiger partial charge is 0.0727 e. The van der Waals surface area contributed by atoms with Crippen molar-refractivity contribution in [2.75, 3.05) is 0 Å². The first-order chi connectivity index (χ1) is 22.4. The predicted octanol–water partition coefficient (Wildman–Crippen LogP) is 13.0. The van der Waals surface area contributed by atoms with E-state index in [-0.39, 0.29) is 0 Å². The first-order valence-electron chi connectivity index (χ1n) is 15.4. The van der Waals surface area contributed by atoms with Crippen LogP contribution in [-0.2, 0) is 0 Å². The maximum Gasteiger partial charge on any atom is 0.0727 e. The highest BCUT2D eigenvalue weighted by atomic mass is 32.1. The Morgan fingerprint density at radius 2 is 0.844 bits per heavy atom. The highest BCUT2D eigenvalue weighted by molar-refractivity contribution is 7.27. The van der Waals surface area contributed by atoms with Gasteiger partial charge in [-0.25, -0.2) is 0 Å². The van der Waals surface area contributed by atoms with E-state index in [1.165, 1.54) is 100 Å². The third kappa shape index (κ3) is 3.02. The summed E-state index contributed by atoms with van der Waals surface area (Å²) in [6.07, 6.45) is 0. The van der Waals surface area contributed by atoms with E-state index >= 15 is 0 Å². The summed E-state index contributed by atoms with van der Waals surface area (Å²) >= 11 is 3.84. The molecule has 0 aliphatic heterocycles. The zero-order chi connectivity index (χ0) is 29.2. The maximum absolute atomic E-state index is 2.59. The molecule has 0 bridgehead atoms. The molecule has 11 rings (SSSR count). The topological polar surface area (TPSA) is 4.93 Å². The lowest BCUT2D eigenvalue weighted by Gasteiger charge is -2.15. The molecule has 11 aromatic rings. The molecule has 0 aliphatic carbocycles. The van der Waals surface area contributed by atoms with Crippen LogP contribution in [0.5, 0.6) is 0 Å². The van der Waals surface area contributed by atoms with Crippen molar-refractivity contribution in [3.05, 3.63) is 140 Å². The molecule has 0 amide bonds. The third-order valence-electron chi connectivity index (χ3n) is 9.74. The van der Waals surface area contributed by atoms with Gasteiger partial charge in [-0.1, -0.05) is 115 Å². The van der Waals surface area contributed by atoms with Gasteiger partial charge >= 0.3 is 0 Å². The number of aromatic nitrogens is 1. The molecule has 208 valence electrons. The van der Waals surface area contributed by atoms with Gasteiger partial charge in [-0.05, 0) is 45.8 Å². The molecular formula is C42H23NS2. The monoisotopic (exact) mass is 605 g/mol. The Hall–Kier alpha value is -5.22. The van der Waals surface area contributed by atoms with Crippen LogP contribution in [0, 0.1) is 0 Å². The number of benzene rings is 8. The van der Waals surface area contributed by atoms with E-state index < -0.39 is 0 Å². The molecule has 0 atom stereocenters. The fraction of sp³-hybridized carbons (Fsp3) is 0. The summed E-state index contributed by atoms with van der Waals surface area (Å²) in [6.45, 7) is 0. The van der Waals surface area contributed by atoms with E-state index in [1.54, 1.807) is 0 Å². The van der Waals surface area contributed by atoms with Crippen LogP contribution in [0.2, 0.25) is 0 Å². The summed E-state index contributed by atoms with van der Waals surface area (Å²) < 4.78 is 7.93. The minimum Gasteiger partial charge on any atom is -0.306 e. The molecule has 0 aliphatic rings. The number of nitrogens with zero attached hydrogens (tertiary/aromatic N) is 1. The molecular weight excluding hydrogens is 583 g/mol. The van der Waals surface area contributed by atoms with Crippen molar-refractivity contribution in [1.82, 2.24) is 4.57 Å². The van der Waals surface area contributed by atoms with Crippen LogP contribution in [0.4, 0.5) is 0 Å². The summed E-state index contributed by atoms with van der Waals surface area (Å²) in [5, 5.41) is 16.0. The van der Waals surface area contributed by atoms with E-state index in [2.05, 4.69) is 144 Å². The number of thiophene rings is 2. The Labute approximate surface area is 265 Å². The van der Waals surface area contributed by atoms with Gasteiger partial charge in [0.1, 0.15) is 0 Å². The summed E-state index contributed by atoms with van der Waals surface area (Å²) in [7, 11) is 0. The Morgan fingerprint density at radius 1 is 0.333 bits per heavy atom. The van der Waals surface area contributed by atoms with Gasteiger partial charge in [-0.15, -0.1) is 22.7 Å². The molecule has 0 saturated carbocycles. The number of hydrogen-bond donors (Lipinski definition) is 0. The predicted molar refractivity (Wildman–Crippen MR) is 199 cm³/mol. The van der Waals surface area contributed by atoms with Crippen molar-refractivity contribution in [1.29, 1.82) is 0 Å². The number of hydrogen-bond acceptors (Lipinski definition) is 2. The molecule has 45 heavy (non-hydrogen) atoms. The molecule has 3 heterocycles. The van der Waals surface area contributed by atoms with Crippen molar-refractivity contribution >= 4 is 117 Å². The van der Waals surface area contributed by atoms with Crippen LogP contribution >= 0.6 is 22.7 Å². The molecule has 0 spiro atoms. The minimum absolute atomic E-state index is 1.25. The van der Waals surface area contributed by atoms with Crippen molar-refractivity contribution in [3.63, 3.8) is 0 Å². The van der Waals surface area contributed by atoms with Gasteiger partial charge in [0.15, 0.2) is 0 Å². The Kier molecular flexibility index (Phi) is 4.67.